The van der Waals surface area contributed by atoms with Crippen LogP contribution in [0, 0.1) is 0 Å². The Kier molecular flexibility index (Phi) is 3.24. The average Bonchev–Trinajstić information content (AvgIpc) is 3.43. The van der Waals surface area contributed by atoms with E-state index in [0.717, 1.165) is 53.4 Å². The molecule has 4 heterocycles. The van der Waals surface area contributed by atoms with Gasteiger partial charge in [-0.05, 0) is 24.3 Å². The van der Waals surface area contributed by atoms with E-state index in [1.807, 2.05) is 50.5 Å². The predicted octanol–water partition coefficient (Wildman–Crippen LogP) is 4.86. The van der Waals surface area contributed by atoms with Gasteiger partial charge in [-0.3, -0.25) is 0 Å². The number of aryl methyl sites for hydroxylation is 2. The number of imidazole rings is 2. The summed E-state index contributed by atoms with van der Waals surface area (Å²) in [6.45, 7) is 0. The molecule has 4 aromatic heterocycles. The monoisotopic (exact) mass is 402 g/mol. The molecule has 0 aliphatic carbocycles. The molecular weight excluding hydrogens is 388 g/mol. The minimum Gasteiger partial charge on any atom is -0.325 e. The van der Waals surface area contributed by atoms with E-state index >= 15 is 0 Å². The van der Waals surface area contributed by atoms with E-state index in [4.69, 9.17) is 19.9 Å². The Bertz CT molecular complexity index is 1360. The molecule has 6 aromatic rings. The van der Waals surface area contributed by atoms with Gasteiger partial charge in [0.1, 0.15) is 0 Å². The molecular formula is C20H14N6S2. The molecule has 0 N–H and O–H groups in total. The second-order valence-corrected chi connectivity index (χ2v) is 8.57. The highest BCUT2D eigenvalue weighted by molar-refractivity contribution is 7.29. The Morgan fingerprint density at radius 2 is 1.04 bits per heavy atom. The van der Waals surface area contributed by atoms with Gasteiger partial charge in [-0.25, -0.2) is 19.9 Å². The van der Waals surface area contributed by atoms with Crippen molar-refractivity contribution >= 4 is 54.4 Å². The topological polar surface area (TPSA) is 61.4 Å². The van der Waals surface area contributed by atoms with Crippen molar-refractivity contribution in [3.8, 4) is 21.7 Å². The molecule has 0 amide bonds. The lowest BCUT2D eigenvalue weighted by Crippen LogP contribution is -1.92. The van der Waals surface area contributed by atoms with E-state index in [0.29, 0.717) is 0 Å². The lowest BCUT2D eigenvalue weighted by atomic mass is 10.3. The fourth-order valence-corrected chi connectivity index (χ4v) is 5.60. The van der Waals surface area contributed by atoms with Gasteiger partial charge in [0.15, 0.2) is 31.3 Å². The van der Waals surface area contributed by atoms with Crippen LogP contribution in [0.1, 0.15) is 0 Å². The summed E-state index contributed by atoms with van der Waals surface area (Å²) in [7, 11) is 4.05. The molecule has 0 spiro atoms. The first-order valence-electron chi connectivity index (χ1n) is 8.80. The van der Waals surface area contributed by atoms with E-state index in [1.165, 1.54) is 0 Å². The zero-order valence-corrected chi connectivity index (χ0v) is 16.8. The van der Waals surface area contributed by atoms with Crippen molar-refractivity contribution in [3.63, 3.8) is 0 Å². The lowest BCUT2D eigenvalue weighted by molar-refractivity contribution is 0.957. The number of fused-ring (bicyclic) bond motifs is 3. The summed E-state index contributed by atoms with van der Waals surface area (Å²) in [5.41, 5.74) is 4.16. The van der Waals surface area contributed by atoms with Crippen LogP contribution < -0.4 is 0 Å². The van der Waals surface area contributed by atoms with E-state index in [1.54, 1.807) is 22.7 Å². The lowest BCUT2D eigenvalue weighted by Gasteiger charge is -1.98. The van der Waals surface area contributed by atoms with E-state index in [2.05, 4.69) is 21.3 Å². The molecule has 0 saturated heterocycles. The quantitative estimate of drug-likeness (QED) is 0.415. The molecule has 0 saturated carbocycles. The normalized spacial score (nSPS) is 11.9. The number of aromatic nitrogens is 6. The molecule has 0 atom stereocenters. The molecule has 2 aromatic carbocycles. The highest BCUT2D eigenvalue weighted by atomic mass is 32.1. The van der Waals surface area contributed by atoms with Crippen LogP contribution in [0.3, 0.4) is 0 Å². The van der Waals surface area contributed by atoms with E-state index in [9.17, 15) is 0 Å². The summed E-state index contributed by atoms with van der Waals surface area (Å²) in [5, 5.41) is 1.79. The zero-order valence-electron chi connectivity index (χ0n) is 15.1. The largest absolute Gasteiger partial charge is 0.325 e. The minimum atomic E-state index is 0.876. The Morgan fingerprint density at radius 1 is 0.607 bits per heavy atom. The molecule has 0 radical (unpaired) electrons. The van der Waals surface area contributed by atoms with Crippen LogP contribution in [0.5, 0.6) is 0 Å². The highest BCUT2D eigenvalue weighted by Gasteiger charge is 2.19. The maximum Gasteiger partial charge on any atom is 0.170 e. The number of nitrogens with zero attached hydrogens (tertiary/aromatic N) is 6. The van der Waals surface area contributed by atoms with Gasteiger partial charge in [0.05, 0.1) is 22.1 Å². The standard InChI is InChI=1S/C20H14N6S2/c1-25-13-9-5-3-7-11(13)21-15(25)17-23-19-20(27-17)24-18(28-19)16-22-12-8-4-6-10-14(12)26(16)2/h3-10H,1-2H3. The number of rotatable bonds is 2. The third-order valence-corrected chi connectivity index (χ3v) is 6.95. The number of hydrogen-bond acceptors (Lipinski definition) is 6. The summed E-state index contributed by atoms with van der Waals surface area (Å²) < 4.78 is 4.17. The van der Waals surface area contributed by atoms with Gasteiger partial charge >= 0.3 is 0 Å². The third kappa shape index (κ3) is 2.18. The molecule has 8 heteroatoms. The Morgan fingerprint density at radius 3 is 1.46 bits per heavy atom. The Hall–Kier alpha value is -3.10. The molecule has 28 heavy (non-hydrogen) atoms. The number of para-hydroxylation sites is 4. The first kappa shape index (κ1) is 15.9. The van der Waals surface area contributed by atoms with Crippen molar-refractivity contribution in [2.75, 3.05) is 0 Å². The highest BCUT2D eigenvalue weighted by Crippen LogP contribution is 2.37. The molecule has 0 aliphatic rings. The first-order valence-corrected chi connectivity index (χ1v) is 10.4. The van der Waals surface area contributed by atoms with Gasteiger partial charge in [-0.2, -0.15) is 0 Å². The summed E-state index contributed by atoms with van der Waals surface area (Å²) in [4.78, 5) is 21.0. The molecule has 6 nitrogen and oxygen atoms in total. The van der Waals surface area contributed by atoms with Crippen LogP contribution in [-0.4, -0.2) is 29.1 Å². The van der Waals surface area contributed by atoms with Crippen LogP contribution in [-0.2, 0) is 14.1 Å². The van der Waals surface area contributed by atoms with Gasteiger partial charge in [0.25, 0.3) is 0 Å². The number of thiazole rings is 2. The fraction of sp³-hybridized carbons (Fsp3) is 0.100. The Labute approximate surface area is 167 Å². The van der Waals surface area contributed by atoms with Crippen LogP contribution in [0.4, 0.5) is 0 Å². The van der Waals surface area contributed by atoms with Gasteiger partial charge in [-0.1, -0.05) is 46.9 Å². The van der Waals surface area contributed by atoms with Crippen molar-refractivity contribution in [2.24, 2.45) is 14.1 Å². The number of hydrogen-bond donors (Lipinski definition) is 0. The molecule has 0 unspecified atom stereocenters. The second-order valence-electron chi connectivity index (χ2n) is 6.61. The average molecular weight is 403 g/mol. The summed E-state index contributed by atoms with van der Waals surface area (Å²) >= 11 is 3.15. The van der Waals surface area contributed by atoms with Crippen molar-refractivity contribution in [1.82, 2.24) is 29.1 Å². The van der Waals surface area contributed by atoms with Crippen molar-refractivity contribution in [1.29, 1.82) is 0 Å². The van der Waals surface area contributed by atoms with Crippen LogP contribution in [0.2, 0.25) is 0 Å². The number of benzene rings is 2. The fourth-order valence-electron chi connectivity index (χ4n) is 3.51. The molecule has 136 valence electrons. The first-order chi connectivity index (χ1) is 13.7. The third-order valence-electron chi connectivity index (χ3n) is 4.93. The van der Waals surface area contributed by atoms with Gasteiger partial charge in [0.2, 0.25) is 0 Å². The van der Waals surface area contributed by atoms with Gasteiger partial charge < -0.3 is 9.13 Å². The smallest absolute Gasteiger partial charge is 0.170 e. The maximum atomic E-state index is 4.82. The minimum absolute atomic E-state index is 0.876. The van der Waals surface area contributed by atoms with Gasteiger partial charge in [0, 0.05) is 14.1 Å². The Balaban J connectivity index is 1.47. The molecule has 0 aliphatic heterocycles. The van der Waals surface area contributed by atoms with Crippen molar-refractivity contribution in [2.45, 2.75) is 0 Å². The summed E-state index contributed by atoms with van der Waals surface area (Å²) in [5.74, 6) is 1.75. The van der Waals surface area contributed by atoms with E-state index < -0.39 is 0 Å². The van der Waals surface area contributed by atoms with Crippen LogP contribution in [0.15, 0.2) is 48.5 Å². The molecule has 0 bridgehead atoms. The zero-order chi connectivity index (χ0) is 18.8. The molecule has 0 fully saturated rings. The van der Waals surface area contributed by atoms with Crippen LogP contribution in [0.25, 0.3) is 53.4 Å². The SMILES string of the molecule is Cn1c(-c2nc3sc(-c4nc5ccccc5n4C)nc3s2)nc2ccccc21. The maximum absolute atomic E-state index is 4.82. The van der Waals surface area contributed by atoms with Gasteiger partial charge in [-0.15, -0.1) is 0 Å². The van der Waals surface area contributed by atoms with E-state index in [-0.39, 0.29) is 0 Å². The predicted molar refractivity (Wildman–Crippen MR) is 115 cm³/mol. The molecule has 6 rings (SSSR count). The summed E-state index contributed by atoms with van der Waals surface area (Å²) in [6, 6.07) is 16.3. The summed E-state index contributed by atoms with van der Waals surface area (Å²) in [6.07, 6.45) is 0. The van der Waals surface area contributed by atoms with Crippen LogP contribution >= 0.6 is 22.7 Å². The van der Waals surface area contributed by atoms with Crippen molar-refractivity contribution < 1.29 is 0 Å². The second kappa shape index (κ2) is 5.70. The van der Waals surface area contributed by atoms with Crippen molar-refractivity contribution in [3.05, 3.63) is 48.5 Å².